The second kappa shape index (κ2) is 11.1. The zero-order valence-corrected chi connectivity index (χ0v) is 21.0. The quantitative estimate of drug-likeness (QED) is 0.578. The number of hydrogen-bond acceptors (Lipinski definition) is 4. The number of likely N-dealkylation sites (N-methyl/N-ethyl adjacent to an activating group) is 1. The number of benzene rings is 2. The van der Waals surface area contributed by atoms with Gasteiger partial charge >= 0.3 is 0 Å². The van der Waals surface area contributed by atoms with Crippen molar-refractivity contribution in [1.29, 1.82) is 0 Å². The Morgan fingerprint density at radius 2 is 1.85 bits per heavy atom. The molecule has 2 N–H and O–H groups in total. The highest BCUT2D eigenvalue weighted by Gasteiger charge is 2.40. The number of Topliss-reactive ketones (excluding diaryl/α,β-unsaturated/α-hetero) is 1. The molecule has 1 aliphatic heterocycles. The van der Waals surface area contributed by atoms with Crippen LogP contribution < -0.4 is 5.73 Å². The number of carbonyl (C=O) groups excluding carboxylic acids is 3. The lowest BCUT2D eigenvalue weighted by Gasteiger charge is -2.32. The molecule has 0 saturated carbocycles. The largest absolute Gasteiger partial charge is 0.344 e. The van der Waals surface area contributed by atoms with Gasteiger partial charge in [0.1, 0.15) is 0 Å². The van der Waals surface area contributed by atoms with E-state index in [4.69, 9.17) is 5.73 Å². The van der Waals surface area contributed by atoms with Gasteiger partial charge < -0.3 is 15.5 Å². The molecule has 184 valence electrons. The topological polar surface area (TPSA) is 83.7 Å². The maximum atomic E-state index is 13.5. The highest BCUT2D eigenvalue weighted by Crippen LogP contribution is 2.30. The number of rotatable bonds is 10. The molecule has 1 fully saturated rings. The van der Waals surface area contributed by atoms with Crippen LogP contribution in [0.5, 0.6) is 0 Å². The number of carbonyl (C=O) groups is 3. The van der Waals surface area contributed by atoms with Gasteiger partial charge in [-0.25, -0.2) is 0 Å². The number of amides is 2. The SMILES string of the molecule is CCC(C)(C)C(=O)N1CCCC1C(=O)C[C@H](Cc1ccc2ccccc2c1)C(=O)N(C)CCN. The van der Waals surface area contributed by atoms with Crippen molar-refractivity contribution in [2.24, 2.45) is 17.1 Å². The van der Waals surface area contributed by atoms with Crippen LogP contribution >= 0.6 is 0 Å². The summed E-state index contributed by atoms with van der Waals surface area (Å²) in [6, 6.07) is 13.9. The van der Waals surface area contributed by atoms with E-state index in [1.807, 2.05) is 39.0 Å². The van der Waals surface area contributed by atoms with Crippen LogP contribution in [0.25, 0.3) is 10.8 Å². The summed E-state index contributed by atoms with van der Waals surface area (Å²) >= 11 is 0. The van der Waals surface area contributed by atoms with Crippen molar-refractivity contribution in [3.8, 4) is 0 Å². The molecule has 0 aliphatic carbocycles. The summed E-state index contributed by atoms with van der Waals surface area (Å²) in [6.45, 7) is 7.28. The molecule has 6 nitrogen and oxygen atoms in total. The van der Waals surface area contributed by atoms with Crippen LogP contribution in [0.2, 0.25) is 0 Å². The van der Waals surface area contributed by atoms with Gasteiger partial charge in [0.25, 0.3) is 0 Å². The van der Waals surface area contributed by atoms with Gasteiger partial charge in [-0.15, -0.1) is 0 Å². The Morgan fingerprint density at radius 3 is 2.53 bits per heavy atom. The lowest BCUT2D eigenvalue weighted by molar-refractivity contribution is -0.145. The summed E-state index contributed by atoms with van der Waals surface area (Å²) in [7, 11) is 1.74. The fourth-order valence-electron chi connectivity index (χ4n) is 4.78. The molecule has 2 amide bonds. The molecule has 34 heavy (non-hydrogen) atoms. The normalized spacial score (nSPS) is 17.1. The molecule has 1 aliphatic rings. The summed E-state index contributed by atoms with van der Waals surface area (Å²) in [5.74, 6) is -0.541. The van der Waals surface area contributed by atoms with E-state index in [9.17, 15) is 14.4 Å². The first-order valence-corrected chi connectivity index (χ1v) is 12.4. The lowest BCUT2D eigenvalue weighted by atomic mass is 9.87. The monoisotopic (exact) mass is 465 g/mol. The number of likely N-dealkylation sites (tertiary alicyclic amines) is 1. The van der Waals surface area contributed by atoms with E-state index in [0.29, 0.717) is 32.5 Å². The van der Waals surface area contributed by atoms with Crippen LogP contribution in [0.15, 0.2) is 42.5 Å². The molecule has 0 bridgehead atoms. The maximum absolute atomic E-state index is 13.5. The molecule has 3 rings (SSSR count). The minimum Gasteiger partial charge on any atom is -0.344 e. The summed E-state index contributed by atoms with van der Waals surface area (Å²) in [5, 5.41) is 2.26. The van der Waals surface area contributed by atoms with Crippen molar-refractivity contribution in [3.05, 3.63) is 48.0 Å². The average molecular weight is 466 g/mol. The molecule has 2 aromatic rings. The standard InChI is InChI=1S/C28H39N3O3/c1-5-28(2,3)27(34)31-15-8-11-24(31)25(32)19-23(26(33)30(4)16-14-29)18-20-12-13-21-9-6-7-10-22(21)17-20/h6-7,9-10,12-13,17,23-24H,5,8,11,14-16,18-19,29H2,1-4H3/t23-,24?/m0/s1. The number of ketones is 1. The van der Waals surface area contributed by atoms with E-state index in [1.165, 1.54) is 0 Å². The Labute approximate surface area is 203 Å². The summed E-state index contributed by atoms with van der Waals surface area (Å²) in [6.07, 6.45) is 2.81. The molecule has 1 unspecified atom stereocenters. The van der Waals surface area contributed by atoms with Crippen LogP contribution in [-0.2, 0) is 20.8 Å². The first-order valence-electron chi connectivity index (χ1n) is 12.4. The van der Waals surface area contributed by atoms with Crippen LogP contribution in [0, 0.1) is 11.3 Å². The third-order valence-electron chi connectivity index (χ3n) is 7.28. The lowest BCUT2D eigenvalue weighted by Crippen LogP contribution is -2.47. The Kier molecular flexibility index (Phi) is 8.47. The van der Waals surface area contributed by atoms with E-state index in [-0.39, 0.29) is 24.0 Å². The fourth-order valence-corrected chi connectivity index (χ4v) is 4.78. The molecular formula is C28H39N3O3. The number of fused-ring (bicyclic) bond motifs is 1. The molecule has 0 radical (unpaired) electrons. The molecule has 1 saturated heterocycles. The minimum absolute atomic E-state index is 0.0157. The number of nitrogens with zero attached hydrogens (tertiary/aromatic N) is 2. The van der Waals surface area contributed by atoms with Crippen molar-refractivity contribution < 1.29 is 14.4 Å². The predicted octanol–water partition coefficient (Wildman–Crippen LogP) is 3.80. The van der Waals surface area contributed by atoms with Gasteiger partial charge in [0.15, 0.2) is 5.78 Å². The molecule has 0 spiro atoms. The minimum atomic E-state index is -0.496. The van der Waals surface area contributed by atoms with Crippen LogP contribution in [-0.4, -0.2) is 60.1 Å². The Balaban J connectivity index is 1.82. The highest BCUT2D eigenvalue weighted by molar-refractivity contribution is 5.94. The molecular weight excluding hydrogens is 426 g/mol. The second-order valence-electron chi connectivity index (χ2n) is 10.2. The summed E-state index contributed by atoms with van der Waals surface area (Å²) in [4.78, 5) is 43.3. The second-order valence-corrected chi connectivity index (χ2v) is 10.2. The highest BCUT2D eigenvalue weighted by atomic mass is 16.2. The molecule has 6 heteroatoms. The third-order valence-corrected chi connectivity index (χ3v) is 7.28. The van der Waals surface area contributed by atoms with Crippen molar-refractivity contribution in [1.82, 2.24) is 9.80 Å². The zero-order valence-electron chi connectivity index (χ0n) is 21.0. The Hall–Kier alpha value is -2.73. The van der Waals surface area contributed by atoms with Crippen LogP contribution in [0.3, 0.4) is 0 Å². The fraction of sp³-hybridized carbons (Fsp3) is 0.536. The van der Waals surface area contributed by atoms with Crippen molar-refractivity contribution in [3.63, 3.8) is 0 Å². The molecule has 1 heterocycles. The van der Waals surface area contributed by atoms with Gasteiger partial charge in [-0.3, -0.25) is 14.4 Å². The summed E-state index contributed by atoms with van der Waals surface area (Å²) < 4.78 is 0. The van der Waals surface area contributed by atoms with Gasteiger partial charge in [-0.2, -0.15) is 0 Å². The van der Waals surface area contributed by atoms with E-state index in [2.05, 4.69) is 24.3 Å². The van der Waals surface area contributed by atoms with Gasteiger partial charge in [0, 0.05) is 44.4 Å². The van der Waals surface area contributed by atoms with E-state index >= 15 is 0 Å². The van der Waals surface area contributed by atoms with Gasteiger partial charge in [-0.05, 0) is 42.0 Å². The van der Waals surface area contributed by atoms with Crippen molar-refractivity contribution >= 4 is 28.4 Å². The zero-order chi connectivity index (χ0) is 24.9. The van der Waals surface area contributed by atoms with E-state index in [0.717, 1.165) is 29.2 Å². The summed E-state index contributed by atoms with van der Waals surface area (Å²) in [5.41, 5.74) is 6.21. The first kappa shape index (κ1) is 25.9. The van der Waals surface area contributed by atoms with Crippen LogP contribution in [0.1, 0.15) is 52.0 Å². The average Bonchev–Trinajstić information content (AvgIpc) is 3.32. The van der Waals surface area contributed by atoms with Gasteiger partial charge in [0.05, 0.1) is 6.04 Å². The van der Waals surface area contributed by atoms with Crippen molar-refractivity contribution in [2.45, 2.75) is 58.9 Å². The first-order chi connectivity index (χ1) is 16.2. The van der Waals surface area contributed by atoms with E-state index < -0.39 is 17.4 Å². The number of nitrogens with two attached hydrogens (primary N) is 1. The Bertz CT molecular complexity index is 1030. The van der Waals surface area contributed by atoms with Gasteiger partial charge in [0.2, 0.25) is 11.8 Å². The number of hydrogen-bond donors (Lipinski definition) is 1. The Morgan fingerprint density at radius 1 is 1.15 bits per heavy atom. The molecule has 0 aromatic heterocycles. The van der Waals surface area contributed by atoms with Crippen LogP contribution in [0.4, 0.5) is 0 Å². The molecule has 2 aromatic carbocycles. The smallest absolute Gasteiger partial charge is 0.228 e. The van der Waals surface area contributed by atoms with Crippen molar-refractivity contribution in [2.75, 3.05) is 26.7 Å². The maximum Gasteiger partial charge on any atom is 0.228 e. The predicted molar refractivity (Wildman–Crippen MR) is 136 cm³/mol. The molecule has 2 atom stereocenters. The van der Waals surface area contributed by atoms with Gasteiger partial charge in [-0.1, -0.05) is 63.2 Å². The third kappa shape index (κ3) is 5.84. The van der Waals surface area contributed by atoms with E-state index in [1.54, 1.807) is 16.8 Å².